The first kappa shape index (κ1) is 16.3. The third kappa shape index (κ3) is 4.21. The second-order valence-corrected chi connectivity index (χ2v) is 6.17. The summed E-state index contributed by atoms with van der Waals surface area (Å²) in [6.45, 7) is 7.94. The van der Waals surface area contributed by atoms with Gasteiger partial charge in [0.1, 0.15) is 5.60 Å². The number of rotatable bonds is 1. The summed E-state index contributed by atoms with van der Waals surface area (Å²) in [5.74, 6) is 0. The Bertz CT molecular complexity index is 519. The smallest absolute Gasteiger partial charge is 0.423 e. The van der Waals surface area contributed by atoms with E-state index in [9.17, 15) is 9.59 Å². The Kier molecular flexibility index (Phi) is 5.03. The van der Waals surface area contributed by atoms with Gasteiger partial charge in [0.25, 0.3) is 0 Å². The molecule has 0 atom stereocenters. The maximum atomic E-state index is 12.7. The lowest BCUT2D eigenvalue weighted by molar-refractivity contribution is 0.0583. The molecule has 0 radical (unpaired) electrons. The van der Waals surface area contributed by atoms with Crippen molar-refractivity contribution in [3.63, 3.8) is 0 Å². The van der Waals surface area contributed by atoms with Crippen molar-refractivity contribution in [1.82, 2.24) is 10.2 Å². The van der Waals surface area contributed by atoms with Crippen LogP contribution in [0.4, 0.5) is 15.3 Å². The molecule has 1 fully saturated rings. The van der Waals surface area contributed by atoms with E-state index >= 15 is 0 Å². The highest BCUT2D eigenvalue weighted by molar-refractivity contribution is 6.11. The largest absolute Gasteiger partial charge is 0.443 e. The van der Waals surface area contributed by atoms with Gasteiger partial charge in [-0.15, -0.1) is 0 Å². The van der Waals surface area contributed by atoms with Crippen LogP contribution < -0.4 is 10.2 Å². The first-order valence-corrected chi connectivity index (χ1v) is 7.46. The average molecular weight is 305 g/mol. The van der Waals surface area contributed by atoms with Crippen molar-refractivity contribution < 1.29 is 14.3 Å². The SMILES string of the molecule is CC(C)(C)OC(=O)N(C(=O)N1CCNCC1)c1ccccc1. The molecule has 1 heterocycles. The fraction of sp³-hybridized carbons (Fsp3) is 0.500. The van der Waals surface area contributed by atoms with Gasteiger partial charge in [-0.2, -0.15) is 4.90 Å². The Labute approximate surface area is 131 Å². The molecular weight excluding hydrogens is 282 g/mol. The Morgan fingerprint density at radius 3 is 2.27 bits per heavy atom. The number of piperazine rings is 1. The van der Waals surface area contributed by atoms with Gasteiger partial charge in [-0.25, -0.2) is 9.59 Å². The predicted octanol–water partition coefficient (Wildman–Crippen LogP) is 2.45. The number of hydrogen-bond donors (Lipinski definition) is 1. The van der Waals surface area contributed by atoms with Crippen LogP contribution in [0.25, 0.3) is 0 Å². The lowest BCUT2D eigenvalue weighted by Crippen LogP contribution is -2.54. The zero-order valence-electron chi connectivity index (χ0n) is 13.3. The summed E-state index contributed by atoms with van der Waals surface area (Å²) in [7, 11) is 0. The Morgan fingerprint density at radius 1 is 1.14 bits per heavy atom. The average Bonchev–Trinajstić information content (AvgIpc) is 2.47. The highest BCUT2D eigenvalue weighted by atomic mass is 16.6. The Hall–Kier alpha value is -2.08. The summed E-state index contributed by atoms with van der Waals surface area (Å²) in [4.78, 5) is 28.0. The molecule has 2 rings (SSSR count). The van der Waals surface area contributed by atoms with Crippen molar-refractivity contribution in [2.75, 3.05) is 31.1 Å². The van der Waals surface area contributed by atoms with E-state index < -0.39 is 11.7 Å². The van der Waals surface area contributed by atoms with Crippen molar-refractivity contribution in [3.05, 3.63) is 30.3 Å². The molecule has 1 aliphatic heterocycles. The quantitative estimate of drug-likeness (QED) is 0.865. The van der Waals surface area contributed by atoms with Crippen LogP contribution >= 0.6 is 0 Å². The summed E-state index contributed by atoms with van der Waals surface area (Å²) in [6, 6.07) is 8.53. The second kappa shape index (κ2) is 6.79. The van der Waals surface area contributed by atoms with Gasteiger partial charge in [0, 0.05) is 26.2 Å². The number of nitrogens with one attached hydrogen (secondary N) is 1. The van der Waals surface area contributed by atoms with E-state index in [0.717, 1.165) is 18.0 Å². The molecule has 6 nitrogen and oxygen atoms in total. The van der Waals surface area contributed by atoms with Crippen LogP contribution in [-0.2, 0) is 4.74 Å². The van der Waals surface area contributed by atoms with Gasteiger partial charge in [-0.1, -0.05) is 18.2 Å². The molecule has 1 N–H and O–H groups in total. The monoisotopic (exact) mass is 305 g/mol. The maximum absolute atomic E-state index is 12.7. The van der Waals surface area contributed by atoms with Crippen molar-refractivity contribution in [2.24, 2.45) is 0 Å². The van der Waals surface area contributed by atoms with E-state index in [0.29, 0.717) is 18.8 Å². The highest BCUT2D eigenvalue weighted by Gasteiger charge is 2.32. The number of benzene rings is 1. The topological polar surface area (TPSA) is 61.9 Å². The van der Waals surface area contributed by atoms with Crippen LogP contribution in [0.3, 0.4) is 0 Å². The normalized spacial score (nSPS) is 15.3. The van der Waals surface area contributed by atoms with Gasteiger partial charge < -0.3 is 15.0 Å². The van der Waals surface area contributed by atoms with Gasteiger partial charge in [-0.05, 0) is 32.9 Å². The van der Waals surface area contributed by atoms with Crippen LogP contribution in [-0.4, -0.2) is 48.8 Å². The van der Waals surface area contributed by atoms with E-state index in [1.165, 1.54) is 0 Å². The van der Waals surface area contributed by atoms with E-state index in [4.69, 9.17) is 4.74 Å². The first-order chi connectivity index (χ1) is 10.4. The second-order valence-electron chi connectivity index (χ2n) is 6.17. The number of carbonyl (C=O) groups is 2. The van der Waals surface area contributed by atoms with E-state index in [1.807, 2.05) is 6.07 Å². The van der Waals surface area contributed by atoms with Crippen molar-refractivity contribution >= 4 is 17.8 Å². The molecule has 1 aliphatic rings. The molecule has 1 aromatic rings. The van der Waals surface area contributed by atoms with Crippen molar-refractivity contribution in [2.45, 2.75) is 26.4 Å². The summed E-state index contributed by atoms with van der Waals surface area (Å²) in [5.41, 5.74) is -0.145. The minimum Gasteiger partial charge on any atom is -0.443 e. The molecule has 0 aromatic heterocycles. The molecular formula is C16H23N3O3. The van der Waals surface area contributed by atoms with Crippen LogP contribution in [0, 0.1) is 0 Å². The zero-order chi connectivity index (χ0) is 16.2. The third-order valence-electron chi connectivity index (χ3n) is 3.17. The van der Waals surface area contributed by atoms with Gasteiger partial charge in [0.05, 0.1) is 5.69 Å². The van der Waals surface area contributed by atoms with E-state index in [-0.39, 0.29) is 6.03 Å². The van der Waals surface area contributed by atoms with Crippen LogP contribution in [0.1, 0.15) is 20.8 Å². The number of urea groups is 1. The highest BCUT2D eigenvalue weighted by Crippen LogP contribution is 2.20. The molecule has 0 spiro atoms. The predicted molar refractivity (Wildman–Crippen MR) is 85.0 cm³/mol. The van der Waals surface area contributed by atoms with Gasteiger partial charge >= 0.3 is 12.1 Å². The number of para-hydroxylation sites is 1. The summed E-state index contributed by atoms with van der Waals surface area (Å²) < 4.78 is 5.39. The molecule has 1 aromatic carbocycles. The summed E-state index contributed by atoms with van der Waals surface area (Å²) >= 11 is 0. The molecule has 1 saturated heterocycles. The standard InChI is InChI=1S/C16H23N3O3/c1-16(2,3)22-15(21)19(13-7-5-4-6-8-13)14(20)18-11-9-17-10-12-18/h4-8,17H,9-12H2,1-3H3. The number of amides is 3. The van der Waals surface area contributed by atoms with E-state index in [2.05, 4.69) is 5.32 Å². The lowest BCUT2D eigenvalue weighted by Gasteiger charge is -2.33. The van der Waals surface area contributed by atoms with Crippen molar-refractivity contribution in [3.8, 4) is 0 Å². The Balaban J connectivity index is 2.25. The molecule has 0 unspecified atom stereocenters. The molecule has 22 heavy (non-hydrogen) atoms. The summed E-state index contributed by atoms with van der Waals surface area (Å²) in [5, 5.41) is 3.19. The first-order valence-electron chi connectivity index (χ1n) is 7.46. The molecule has 0 aliphatic carbocycles. The van der Waals surface area contributed by atoms with Crippen LogP contribution in [0.5, 0.6) is 0 Å². The molecule has 6 heteroatoms. The Morgan fingerprint density at radius 2 is 1.73 bits per heavy atom. The number of hydrogen-bond acceptors (Lipinski definition) is 4. The number of anilines is 1. The summed E-state index contributed by atoms with van der Waals surface area (Å²) in [6.07, 6.45) is -0.651. The fourth-order valence-electron chi connectivity index (χ4n) is 2.18. The van der Waals surface area contributed by atoms with Gasteiger partial charge in [0.2, 0.25) is 0 Å². The fourth-order valence-corrected chi connectivity index (χ4v) is 2.18. The number of carbonyl (C=O) groups excluding carboxylic acids is 2. The van der Waals surface area contributed by atoms with Crippen molar-refractivity contribution in [1.29, 1.82) is 0 Å². The number of nitrogens with zero attached hydrogens (tertiary/aromatic N) is 2. The molecule has 3 amide bonds. The van der Waals surface area contributed by atoms with Gasteiger partial charge in [-0.3, -0.25) is 0 Å². The van der Waals surface area contributed by atoms with Crippen LogP contribution in [0.15, 0.2) is 30.3 Å². The third-order valence-corrected chi connectivity index (χ3v) is 3.17. The number of ether oxygens (including phenoxy) is 1. The number of imide groups is 1. The molecule has 0 saturated carbocycles. The van der Waals surface area contributed by atoms with Crippen LogP contribution in [0.2, 0.25) is 0 Å². The lowest BCUT2D eigenvalue weighted by atomic mass is 10.2. The van der Waals surface area contributed by atoms with E-state index in [1.54, 1.807) is 49.9 Å². The minimum atomic E-state index is -0.659. The molecule has 0 bridgehead atoms. The molecule has 120 valence electrons. The minimum absolute atomic E-state index is 0.345. The zero-order valence-corrected chi connectivity index (χ0v) is 13.3. The maximum Gasteiger partial charge on any atom is 0.423 e. The van der Waals surface area contributed by atoms with Gasteiger partial charge in [0.15, 0.2) is 0 Å².